The van der Waals surface area contributed by atoms with Crippen LogP contribution in [0.2, 0.25) is 0 Å². The van der Waals surface area contributed by atoms with Gasteiger partial charge in [0.2, 0.25) is 0 Å². The average molecular weight is 288 g/mol. The maximum absolute atomic E-state index is 12.4. The minimum Gasteiger partial charge on any atom is -0.298 e. The van der Waals surface area contributed by atoms with E-state index in [1.807, 2.05) is 41.7 Å². The second-order valence-corrected chi connectivity index (χ2v) is 7.18. The van der Waals surface area contributed by atoms with Crippen molar-refractivity contribution in [1.29, 1.82) is 0 Å². The average Bonchev–Trinajstić information content (AvgIpc) is 2.48. The molecule has 0 spiro atoms. The first kappa shape index (κ1) is 13.1. The lowest BCUT2D eigenvalue weighted by Gasteiger charge is -2.20. The van der Waals surface area contributed by atoms with Crippen molar-refractivity contribution in [2.75, 3.05) is 17.3 Å². The monoisotopic (exact) mass is 288 g/mol. The van der Waals surface area contributed by atoms with E-state index in [2.05, 4.69) is 24.3 Å². The van der Waals surface area contributed by atoms with E-state index in [0.717, 1.165) is 11.5 Å². The van der Waals surface area contributed by atoms with Gasteiger partial charge in [-0.25, -0.2) is 0 Å². The Labute approximate surface area is 122 Å². The van der Waals surface area contributed by atoms with Crippen LogP contribution in [0.1, 0.15) is 5.56 Å². The Kier molecular flexibility index (Phi) is 4.14. The molecule has 0 bridgehead atoms. The Morgan fingerprint density at radius 2 is 1.95 bits per heavy atom. The first-order valence-corrected chi connectivity index (χ1v) is 8.73. The van der Waals surface area contributed by atoms with Gasteiger partial charge in [0.05, 0.1) is 5.25 Å². The molecule has 1 nitrogen and oxygen atoms in total. The third kappa shape index (κ3) is 2.98. The van der Waals surface area contributed by atoms with E-state index >= 15 is 0 Å². The fourth-order valence-corrected chi connectivity index (χ4v) is 5.07. The Hall–Kier alpha value is -0.930. The second-order valence-electron chi connectivity index (χ2n) is 4.72. The summed E-state index contributed by atoms with van der Waals surface area (Å²) in [6, 6.07) is 14.5. The highest BCUT2D eigenvalue weighted by Crippen LogP contribution is 2.27. The number of benzene rings is 2. The predicted molar refractivity (Wildman–Crippen MR) is 86.2 cm³/mol. The van der Waals surface area contributed by atoms with Gasteiger partial charge in [0, 0.05) is 23.7 Å². The van der Waals surface area contributed by atoms with Crippen molar-refractivity contribution in [2.24, 2.45) is 0 Å². The molecule has 98 valence electrons. The zero-order valence-corrected chi connectivity index (χ0v) is 12.3. The van der Waals surface area contributed by atoms with Crippen molar-refractivity contribution in [2.45, 2.75) is 11.7 Å². The topological polar surface area (TPSA) is 17.1 Å². The van der Waals surface area contributed by atoms with E-state index in [1.165, 1.54) is 22.1 Å². The largest absolute Gasteiger partial charge is 0.298 e. The highest BCUT2D eigenvalue weighted by atomic mass is 32.2. The van der Waals surface area contributed by atoms with Crippen LogP contribution < -0.4 is 0 Å². The molecule has 0 N–H and O–H groups in total. The van der Waals surface area contributed by atoms with Gasteiger partial charge in [0.25, 0.3) is 0 Å². The van der Waals surface area contributed by atoms with Gasteiger partial charge in [0.15, 0.2) is 5.78 Å². The van der Waals surface area contributed by atoms with Crippen LogP contribution in [0.15, 0.2) is 42.5 Å². The molecule has 1 unspecified atom stereocenters. The number of carbonyl (C=O) groups excluding carboxylic acids is 1. The normalized spacial score (nSPS) is 19.5. The number of rotatable bonds is 3. The van der Waals surface area contributed by atoms with Gasteiger partial charge in [-0.3, -0.25) is 4.79 Å². The Bertz CT molecular complexity index is 583. The molecule has 0 amide bonds. The van der Waals surface area contributed by atoms with Gasteiger partial charge in [-0.2, -0.15) is 11.8 Å². The van der Waals surface area contributed by atoms with E-state index in [0.29, 0.717) is 12.2 Å². The van der Waals surface area contributed by atoms with Crippen LogP contribution in [0.4, 0.5) is 0 Å². The Morgan fingerprint density at radius 1 is 1.11 bits per heavy atom. The summed E-state index contributed by atoms with van der Waals surface area (Å²) >= 11 is 3.73. The molecule has 3 heteroatoms. The van der Waals surface area contributed by atoms with Gasteiger partial charge in [-0.05, 0) is 16.3 Å². The summed E-state index contributed by atoms with van der Waals surface area (Å²) in [5.74, 6) is 3.65. The molecule has 2 aromatic carbocycles. The van der Waals surface area contributed by atoms with Crippen molar-refractivity contribution in [1.82, 2.24) is 0 Å². The lowest BCUT2D eigenvalue weighted by Crippen LogP contribution is -2.25. The van der Waals surface area contributed by atoms with E-state index in [9.17, 15) is 4.79 Å². The number of fused-ring (bicyclic) bond motifs is 1. The molecule has 2 aromatic rings. The standard InChI is InChI=1S/C16H16OS2/c17-15(16-11-18-8-9-19-16)10-13-6-3-5-12-4-1-2-7-14(12)13/h1-7,16H,8-11H2. The summed E-state index contributed by atoms with van der Waals surface area (Å²) in [7, 11) is 0. The number of hydrogen-bond donors (Lipinski definition) is 0. The molecule has 1 aliphatic rings. The first-order chi connectivity index (χ1) is 9.34. The molecule has 1 atom stereocenters. The summed E-state index contributed by atoms with van der Waals surface area (Å²) < 4.78 is 0. The summed E-state index contributed by atoms with van der Waals surface area (Å²) in [6.45, 7) is 0. The molecule has 0 aromatic heterocycles. The van der Waals surface area contributed by atoms with Gasteiger partial charge < -0.3 is 0 Å². The number of carbonyl (C=O) groups is 1. The van der Waals surface area contributed by atoms with Gasteiger partial charge in [-0.1, -0.05) is 42.5 Å². The van der Waals surface area contributed by atoms with Gasteiger partial charge in [-0.15, -0.1) is 11.8 Å². The maximum atomic E-state index is 12.4. The Morgan fingerprint density at radius 3 is 2.79 bits per heavy atom. The van der Waals surface area contributed by atoms with Crippen LogP contribution in [0, 0.1) is 0 Å². The number of thioether (sulfide) groups is 2. The quantitative estimate of drug-likeness (QED) is 0.855. The molecule has 1 aliphatic heterocycles. The highest BCUT2D eigenvalue weighted by molar-refractivity contribution is 8.07. The van der Waals surface area contributed by atoms with E-state index in [-0.39, 0.29) is 5.25 Å². The molecule has 1 heterocycles. The number of Topliss-reactive ketones (excluding diaryl/α,β-unsaturated/α-hetero) is 1. The molecule has 0 aliphatic carbocycles. The maximum Gasteiger partial charge on any atom is 0.151 e. The van der Waals surface area contributed by atoms with Crippen molar-refractivity contribution in [3.05, 3.63) is 48.0 Å². The van der Waals surface area contributed by atoms with Crippen molar-refractivity contribution < 1.29 is 4.79 Å². The van der Waals surface area contributed by atoms with Crippen LogP contribution in [-0.4, -0.2) is 28.3 Å². The fraction of sp³-hybridized carbons (Fsp3) is 0.312. The molecule has 1 saturated heterocycles. The summed E-state index contributed by atoms with van der Waals surface area (Å²) in [6.07, 6.45) is 0.569. The minimum absolute atomic E-state index is 0.192. The van der Waals surface area contributed by atoms with Crippen molar-refractivity contribution >= 4 is 40.1 Å². The van der Waals surface area contributed by atoms with Gasteiger partial charge in [0.1, 0.15) is 0 Å². The summed E-state index contributed by atoms with van der Waals surface area (Å²) in [5.41, 5.74) is 1.17. The molecular weight excluding hydrogens is 272 g/mol. The third-order valence-electron chi connectivity index (χ3n) is 3.42. The van der Waals surface area contributed by atoms with Crippen LogP contribution in [-0.2, 0) is 11.2 Å². The van der Waals surface area contributed by atoms with E-state index in [1.54, 1.807) is 0 Å². The van der Waals surface area contributed by atoms with E-state index in [4.69, 9.17) is 0 Å². The third-order valence-corrected chi connectivity index (χ3v) is 6.22. The zero-order valence-electron chi connectivity index (χ0n) is 10.7. The second kappa shape index (κ2) is 6.02. The van der Waals surface area contributed by atoms with Crippen molar-refractivity contribution in [3.8, 4) is 0 Å². The lowest BCUT2D eigenvalue weighted by molar-refractivity contribution is -0.117. The first-order valence-electron chi connectivity index (χ1n) is 6.53. The summed E-state index contributed by atoms with van der Waals surface area (Å²) in [5, 5.41) is 2.63. The van der Waals surface area contributed by atoms with Crippen LogP contribution in [0.25, 0.3) is 10.8 Å². The molecular formula is C16H16OS2. The fourth-order valence-electron chi connectivity index (χ4n) is 2.42. The van der Waals surface area contributed by atoms with Gasteiger partial charge >= 0.3 is 0 Å². The van der Waals surface area contributed by atoms with E-state index < -0.39 is 0 Å². The van der Waals surface area contributed by atoms with Crippen LogP contribution in [0.5, 0.6) is 0 Å². The summed E-state index contributed by atoms with van der Waals surface area (Å²) in [4.78, 5) is 12.4. The van der Waals surface area contributed by atoms with Crippen LogP contribution in [0.3, 0.4) is 0 Å². The molecule has 0 radical (unpaired) electrons. The Balaban J connectivity index is 1.82. The zero-order chi connectivity index (χ0) is 13.1. The smallest absolute Gasteiger partial charge is 0.151 e. The number of hydrogen-bond acceptors (Lipinski definition) is 3. The number of ketones is 1. The SMILES string of the molecule is O=C(Cc1cccc2ccccc12)C1CSCCS1. The molecule has 19 heavy (non-hydrogen) atoms. The predicted octanol–water partition coefficient (Wildman–Crippen LogP) is 3.80. The minimum atomic E-state index is 0.192. The molecule has 0 saturated carbocycles. The molecule has 3 rings (SSSR count). The molecule has 1 fully saturated rings. The lowest BCUT2D eigenvalue weighted by atomic mass is 10.00. The van der Waals surface area contributed by atoms with Crippen molar-refractivity contribution in [3.63, 3.8) is 0 Å². The van der Waals surface area contributed by atoms with Crippen LogP contribution >= 0.6 is 23.5 Å². The highest BCUT2D eigenvalue weighted by Gasteiger charge is 2.22.